The minimum absolute atomic E-state index is 0.485. The lowest BCUT2D eigenvalue weighted by molar-refractivity contribution is 0.443. The molecule has 0 saturated carbocycles. The molecule has 3 heteroatoms. The van der Waals surface area contributed by atoms with Crippen LogP contribution >= 0.6 is 0 Å². The topological polar surface area (TPSA) is 29.9 Å². The number of nitrogens with one attached hydrogen (secondary N) is 1. The van der Waals surface area contributed by atoms with Gasteiger partial charge in [0.1, 0.15) is 0 Å². The number of aromatic nitrogens is 2. The summed E-state index contributed by atoms with van der Waals surface area (Å²) in [6.07, 6.45) is 1.19. The van der Waals surface area contributed by atoms with Crippen LogP contribution in [0.4, 0.5) is 0 Å². The van der Waals surface area contributed by atoms with Gasteiger partial charge in [-0.25, -0.2) is 0 Å². The number of nitrogens with zero attached hydrogens (tertiary/aromatic N) is 2. The molecule has 104 valence electrons. The van der Waals surface area contributed by atoms with Crippen molar-refractivity contribution in [1.82, 2.24) is 15.1 Å². The Labute approximate surface area is 116 Å². The van der Waals surface area contributed by atoms with E-state index in [0.29, 0.717) is 12.0 Å². The van der Waals surface area contributed by atoms with Crippen molar-refractivity contribution < 1.29 is 0 Å². The van der Waals surface area contributed by atoms with Crippen molar-refractivity contribution in [3.05, 3.63) is 30.0 Å². The van der Waals surface area contributed by atoms with Crippen molar-refractivity contribution in [2.24, 2.45) is 5.92 Å². The van der Waals surface area contributed by atoms with Crippen LogP contribution in [-0.4, -0.2) is 15.8 Å². The van der Waals surface area contributed by atoms with Crippen molar-refractivity contribution in [2.45, 2.75) is 53.2 Å². The van der Waals surface area contributed by atoms with Crippen molar-refractivity contribution in [1.29, 1.82) is 0 Å². The van der Waals surface area contributed by atoms with Gasteiger partial charge in [-0.3, -0.25) is 4.68 Å². The zero-order valence-electron chi connectivity index (χ0n) is 12.5. The Balaban J connectivity index is 2.31. The van der Waals surface area contributed by atoms with Crippen LogP contribution in [0.2, 0.25) is 0 Å². The van der Waals surface area contributed by atoms with Crippen LogP contribution in [0, 0.1) is 5.92 Å². The molecule has 1 atom stereocenters. The molecule has 0 radical (unpaired) electrons. The second kappa shape index (κ2) is 6.20. The van der Waals surface area contributed by atoms with Crippen LogP contribution in [0.25, 0.3) is 10.9 Å². The standard InChI is InChI=1S/C16H25N3/c1-5-13(4)11-19-16-9-7-6-8-14(16)15(18-19)10-17-12(2)3/h6-9,12-13,17H,5,10-11H2,1-4H3. The van der Waals surface area contributed by atoms with Crippen LogP contribution in [0.1, 0.15) is 39.8 Å². The van der Waals surface area contributed by atoms with E-state index in [0.717, 1.165) is 18.8 Å². The number of fused-ring (bicyclic) bond motifs is 1. The summed E-state index contributed by atoms with van der Waals surface area (Å²) in [5.41, 5.74) is 2.41. The molecule has 0 amide bonds. The molecule has 2 aromatic rings. The molecule has 19 heavy (non-hydrogen) atoms. The van der Waals surface area contributed by atoms with Crippen LogP contribution in [0.15, 0.2) is 24.3 Å². The molecule has 0 fully saturated rings. The van der Waals surface area contributed by atoms with Crippen LogP contribution in [0.5, 0.6) is 0 Å². The summed E-state index contributed by atoms with van der Waals surface area (Å²) in [5.74, 6) is 0.661. The summed E-state index contributed by atoms with van der Waals surface area (Å²) in [7, 11) is 0. The molecule has 0 aliphatic heterocycles. The molecule has 2 rings (SSSR count). The highest BCUT2D eigenvalue weighted by Crippen LogP contribution is 2.20. The lowest BCUT2D eigenvalue weighted by atomic mass is 10.1. The van der Waals surface area contributed by atoms with Crippen LogP contribution in [-0.2, 0) is 13.1 Å². The first-order valence-corrected chi connectivity index (χ1v) is 7.29. The molecule has 0 bridgehead atoms. The number of hydrogen-bond acceptors (Lipinski definition) is 2. The molecule has 0 aliphatic rings. The zero-order valence-corrected chi connectivity index (χ0v) is 12.5. The molecule has 1 aromatic carbocycles. The molecule has 0 aliphatic carbocycles. The van der Waals surface area contributed by atoms with Gasteiger partial charge in [0.05, 0.1) is 11.2 Å². The van der Waals surface area contributed by atoms with Crippen molar-refractivity contribution in [3.63, 3.8) is 0 Å². The van der Waals surface area contributed by atoms with Gasteiger partial charge in [-0.15, -0.1) is 0 Å². The SMILES string of the molecule is CCC(C)Cn1nc(CNC(C)C)c2ccccc21. The maximum Gasteiger partial charge on any atom is 0.0841 e. The third kappa shape index (κ3) is 3.35. The summed E-state index contributed by atoms with van der Waals surface area (Å²) in [6.45, 7) is 10.7. The van der Waals surface area contributed by atoms with Crippen molar-refractivity contribution in [3.8, 4) is 0 Å². The Bertz CT molecular complexity index is 528. The van der Waals surface area contributed by atoms with Gasteiger partial charge in [-0.1, -0.05) is 52.3 Å². The molecule has 1 aromatic heterocycles. The van der Waals surface area contributed by atoms with Gasteiger partial charge in [-0.05, 0) is 12.0 Å². The molecule has 1 N–H and O–H groups in total. The normalized spacial score (nSPS) is 13.3. The molecule has 0 spiro atoms. The molecular weight excluding hydrogens is 234 g/mol. The monoisotopic (exact) mass is 259 g/mol. The van der Waals surface area contributed by atoms with Gasteiger partial charge < -0.3 is 5.32 Å². The Morgan fingerprint density at radius 1 is 1.21 bits per heavy atom. The second-order valence-electron chi connectivity index (χ2n) is 5.69. The van der Waals surface area contributed by atoms with E-state index in [-0.39, 0.29) is 0 Å². The predicted molar refractivity (Wildman–Crippen MR) is 81.2 cm³/mol. The first-order chi connectivity index (χ1) is 9.11. The maximum absolute atomic E-state index is 4.80. The average molecular weight is 259 g/mol. The van der Waals surface area contributed by atoms with Crippen molar-refractivity contribution in [2.75, 3.05) is 0 Å². The molecule has 1 unspecified atom stereocenters. The minimum Gasteiger partial charge on any atom is -0.309 e. The number of para-hydroxylation sites is 1. The minimum atomic E-state index is 0.485. The van der Waals surface area contributed by atoms with Gasteiger partial charge in [0.15, 0.2) is 0 Å². The fourth-order valence-electron chi connectivity index (χ4n) is 2.19. The zero-order chi connectivity index (χ0) is 13.8. The fourth-order valence-corrected chi connectivity index (χ4v) is 2.19. The quantitative estimate of drug-likeness (QED) is 0.859. The van der Waals surface area contributed by atoms with Crippen LogP contribution in [0.3, 0.4) is 0 Å². The first-order valence-electron chi connectivity index (χ1n) is 7.29. The summed E-state index contributed by atoms with van der Waals surface area (Å²) in [5, 5.41) is 9.54. The lowest BCUT2D eigenvalue weighted by Gasteiger charge is -2.09. The van der Waals surface area contributed by atoms with E-state index in [2.05, 4.69) is 62.0 Å². The van der Waals surface area contributed by atoms with Crippen LogP contribution < -0.4 is 5.32 Å². The average Bonchev–Trinajstić information content (AvgIpc) is 2.75. The van der Waals surface area contributed by atoms with E-state index in [4.69, 9.17) is 5.10 Å². The smallest absolute Gasteiger partial charge is 0.0841 e. The predicted octanol–water partition coefficient (Wildman–Crippen LogP) is 3.58. The maximum atomic E-state index is 4.80. The van der Waals surface area contributed by atoms with E-state index in [1.165, 1.54) is 17.3 Å². The third-order valence-corrected chi connectivity index (χ3v) is 3.59. The van der Waals surface area contributed by atoms with E-state index >= 15 is 0 Å². The second-order valence-corrected chi connectivity index (χ2v) is 5.69. The Hall–Kier alpha value is -1.35. The first kappa shape index (κ1) is 14.1. The largest absolute Gasteiger partial charge is 0.309 e. The van der Waals surface area contributed by atoms with E-state index < -0.39 is 0 Å². The number of rotatable bonds is 6. The molecular formula is C16H25N3. The highest BCUT2D eigenvalue weighted by Gasteiger charge is 2.11. The molecule has 1 heterocycles. The van der Waals surface area contributed by atoms with Crippen molar-refractivity contribution >= 4 is 10.9 Å². The van der Waals surface area contributed by atoms with E-state index in [1.807, 2.05) is 0 Å². The van der Waals surface area contributed by atoms with Gasteiger partial charge in [-0.2, -0.15) is 5.10 Å². The van der Waals surface area contributed by atoms with Gasteiger partial charge in [0, 0.05) is 24.5 Å². The number of hydrogen-bond donors (Lipinski definition) is 1. The Morgan fingerprint density at radius 2 is 1.95 bits per heavy atom. The van der Waals surface area contributed by atoms with Gasteiger partial charge in [0.2, 0.25) is 0 Å². The lowest BCUT2D eigenvalue weighted by Crippen LogP contribution is -2.22. The molecule has 3 nitrogen and oxygen atoms in total. The molecule has 0 saturated heterocycles. The Morgan fingerprint density at radius 3 is 2.63 bits per heavy atom. The summed E-state index contributed by atoms with van der Waals surface area (Å²) in [6, 6.07) is 9.02. The highest BCUT2D eigenvalue weighted by atomic mass is 15.3. The van der Waals surface area contributed by atoms with Gasteiger partial charge in [0.25, 0.3) is 0 Å². The summed E-state index contributed by atoms with van der Waals surface area (Å²) < 4.78 is 2.17. The highest BCUT2D eigenvalue weighted by molar-refractivity contribution is 5.81. The Kier molecular flexibility index (Phi) is 4.59. The summed E-state index contributed by atoms with van der Waals surface area (Å²) in [4.78, 5) is 0. The third-order valence-electron chi connectivity index (χ3n) is 3.59. The fraction of sp³-hybridized carbons (Fsp3) is 0.562. The van der Waals surface area contributed by atoms with E-state index in [1.54, 1.807) is 0 Å². The summed E-state index contributed by atoms with van der Waals surface area (Å²) >= 11 is 0. The van der Waals surface area contributed by atoms with E-state index in [9.17, 15) is 0 Å². The number of benzene rings is 1. The van der Waals surface area contributed by atoms with Gasteiger partial charge >= 0.3 is 0 Å².